The van der Waals surface area contributed by atoms with E-state index >= 15 is 0 Å². The molecule has 1 aliphatic rings. The Hall–Kier alpha value is -1.00. The Balaban J connectivity index is 2.18. The summed E-state index contributed by atoms with van der Waals surface area (Å²) in [7, 11) is 0. The van der Waals surface area contributed by atoms with Crippen LogP contribution >= 0.6 is 11.6 Å². The maximum atomic E-state index is 9.46. The Morgan fingerprint density at radius 3 is 2.69 bits per heavy atom. The molecule has 0 amide bonds. The minimum Gasteiger partial charge on any atom is -0.399 e. The number of aliphatic hydroxyl groups excluding tert-OH is 1. The number of hydrogen-bond acceptors (Lipinski definition) is 4. The van der Waals surface area contributed by atoms with Crippen molar-refractivity contribution in [3.63, 3.8) is 0 Å². The second-order valence-corrected chi connectivity index (χ2v) is 4.77. The standard InChI is InChI=1S/C11H16ClN3O/c12-9-5-8(13)6-10(14-9)15-11(7-16)3-1-2-4-11/h5-6,16H,1-4,7H2,(H3,13,14,15). The lowest BCUT2D eigenvalue weighted by atomic mass is 9.99. The Morgan fingerprint density at radius 1 is 1.44 bits per heavy atom. The van der Waals surface area contributed by atoms with E-state index in [4.69, 9.17) is 17.3 Å². The van der Waals surface area contributed by atoms with E-state index in [1.54, 1.807) is 12.1 Å². The second kappa shape index (κ2) is 4.47. The van der Waals surface area contributed by atoms with Gasteiger partial charge in [-0.15, -0.1) is 0 Å². The monoisotopic (exact) mass is 241 g/mol. The van der Waals surface area contributed by atoms with Gasteiger partial charge in [0.05, 0.1) is 12.1 Å². The summed E-state index contributed by atoms with van der Waals surface area (Å²) in [5, 5.41) is 13.1. The SMILES string of the molecule is Nc1cc(Cl)nc(NC2(CO)CCCC2)c1. The van der Waals surface area contributed by atoms with Crippen LogP contribution in [0.2, 0.25) is 5.15 Å². The van der Waals surface area contributed by atoms with Gasteiger partial charge in [-0.3, -0.25) is 0 Å². The first-order valence-corrected chi connectivity index (χ1v) is 5.83. The predicted octanol–water partition coefficient (Wildman–Crippen LogP) is 2.03. The number of nitrogens with zero attached hydrogens (tertiary/aromatic N) is 1. The Kier molecular flexibility index (Phi) is 3.21. The predicted molar refractivity (Wildman–Crippen MR) is 65.6 cm³/mol. The molecule has 16 heavy (non-hydrogen) atoms. The molecule has 1 aromatic heterocycles. The number of nitrogen functional groups attached to an aromatic ring is 1. The number of pyridine rings is 1. The minimum absolute atomic E-state index is 0.112. The third kappa shape index (κ3) is 2.39. The van der Waals surface area contributed by atoms with Gasteiger partial charge in [0.25, 0.3) is 0 Å². The third-order valence-corrected chi connectivity index (χ3v) is 3.27. The molecule has 0 unspecified atom stereocenters. The summed E-state index contributed by atoms with van der Waals surface area (Å²) in [5.74, 6) is 0.640. The van der Waals surface area contributed by atoms with E-state index in [1.807, 2.05) is 0 Å². The van der Waals surface area contributed by atoms with E-state index in [9.17, 15) is 5.11 Å². The molecule has 1 saturated carbocycles. The van der Waals surface area contributed by atoms with Crippen molar-refractivity contribution in [1.82, 2.24) is 4.98 Å². The number of nitrogens with one attached hydrogen (secondary N) is 1. The molecule has 4 nitrogen and oxygen atoms in total. The Labute approximate surface area is 99.8 Å². The Bertz CT molecular complexity index is 357. The summed E-state index contributed by atoms with van der Waals surface area (Å²) >= 11 is 5.83. The topological polar surface area (TPSA) is 71.2 Å². The molecule has 0 aromatic carbocycles. The van der Waals surface area contributed by atoms with E-state index in [1.165, 1.54) is 0 Å². The summed E-state index contributed by atoms with van der Waals surface area (Å²) in [4.78, 5) is 4.15. The lowest BCUT2D eigenvalue weighted by molar-refractivity contribution is 0.214. The Morgan fingerprint density at radius 2 is 2.12 bits per heavy atom. The number of anilines is 2. The molecule has 4 N–H and O–H groups in total. The molecule has 5 heteroatoms. The summed E-state index contributed by atoms with van der Waals surface area (Å²) in [6.07, 6.45) is 4.17. The first-order valence-electron chi connectivity index (χ1n) is 5.46. The van der Waals surface area contributed by atoms with Crippen LogP contribution < -0.4 is 11.1 Å². The highest BCUT2D eigenvalue weighted by Crippen LogP contribution is 2.32. The molecule has 0 radical (unpaired) electrons. The highest BCUT2D eigenvalue weighted by atomic mass is 35.5. The summed E-state index contributed by atoms with van der Waals surface area (Å²) in [6.45, 7) is 0.112. The van der Waals surface area contributed by atoms with Crippen LogP contribution in [-0.2, 0) is 0 Å². The van der Waals surface area contributed by atoms with Gasteiger partial charge in [-0.05, 0) is 18.9 Å². The van der Waals surface area contributed by atoms with Crippen LogP contribution in [0.4, 0.5) is 11.5 Å². The molecule has 1 aromatic rings. The molecule has 1 fully saturated rings. The van der Waals surface area contributed by atoms with Crippen LogP contribution in [-0.4, -0.2) is 22.2 Å². The van der Waals surface area contributed by atoms with E-state index in [-0.39, 0.29) is 12.1 Å². The smallest absolute Gasteiger partial charge is 0.133 e. The van der Waals surface area contributed by atoms with Gasteiger partial charge in [0.15, 0.2) is 0 Å². The van der Waals surface area contributed by atoms with Gasteiger partial charge in [-0.2, -0.15) is 0 Å². The van der Waals surface area contributed by atoms with Gasteiger partial charge in [-0.1, -0.05) is 24.4 Å². The molecule has 0 saturated heterocycles. The molecular weight excluding hydrogens is 226 g/mol. The maximum absolute atomic E-state index is 9.46. The van der Waals surface area contributed by atoms with E-state index in [2.05, 4.69) is 10.3 Å². The molecule has 1 heterocycles. The van der Waals surface area contributed by atoms with Crippen LogP contribution in [0.5, 0.6) is 0 Å². The van der Waals surface area contributed by atoms with Gasteiger partial charge >= 0.3 is 0 Å². The molecule has 0 spiro atoms. The number of halogens is 1. The van der Waals surface area contributed by atoms with Gasteiger partial charge in [0, 0.05) is 11.8 Å². The molecule has 88 valence electrons. The average molecular weight is 242 g/mol. The highest BCUT2D eigenvalue weighted by Gasteiger charge is 2.33. The fourth-order valence-electron chi connectivity index (χ4n) is 2.23. The number of aliphatic hydroxyl groups is 1. The summed E-state index contributed by atoms with van der Waals surface area (Å²) in [6, 6.07) is 3.34. The first kappa shape index (κ1) is 11.5. The number of hydrogen-bond donors (Lipinski definition) is 3. The number of aromatic nitrogens is 1. The number of nitrogens with two attached hydrogens (primary N) is 1. The van der Waals surface area contributed by atoms with Crippen LogP contribution in [0.1, 0.15) is 25.7 Å². The zero-order chi connectivity index (χ0) is 11.6. The van der Waals surface area contributed by atoms with Gasteiger partial charge in [0.2, 0.25) is 0 Å². The molecule has 2 rings (SSSR count). The van der Waals surface area contributed by atoms with Crippen LogP contribution in [0.15, 0.2) is 12.1 Å². The third-order valence-electron chi connectivity index (χ3n) is 3.07. The minimum atomic E-state index is -0.246. The van der Waals surface area contributed by atoms with Gasteiger partial charge < -0.3 is 16.2 Å². The van der Waals surface area contributed by atoms with Crippen molar-refractivity contribution in [2.75, 3.05) is 17.7 Å². The molecule has 0 bridgehead atoms. The van der Waals surface area contributed by atoms with Crippen molar-refractivity contribution in [2.24, 2.45) is 0 Å². The maximum Gasteiger partial charge on any atom is 0.133 e. The largest absolute Gasteiger partial charge is 0.399 e. The van der Waals surface area contributed by atoms with Crippen LogP contribution in [0, 0.1) is 0 Å². The van der Waals surface area contributed by atoms with Crippen LogP contribution in [0.3, 0.4) is 0 Å². The second-order valence-electron chi connectivity index (χ2n) is 4.38. The summed E-state index contributed by atoms with van der Waals surface area (Å²) < 4.78 is 0. The van der Waals surface area contributed by atoms with Gasteiger partial charge in [0.1, 0.15) is 11.0 Å². The van der Waals surface area contributed by atoms with E-state index in [0.717, 1.165) is 25.7 Å². The van der Waals surface area contributed by atoms with Crippen molar-refractivity contribution in [3.05, 3.63) is 17.3 Å². The fourth-order valence-corrected chi connectivity index (χ4v) is 2.44. The van der Waals surface area contributed by atoms with Crippen molar-refractivity contribution < 1.29 is 5.11 Å². The zero-order valence-electron chi connectivity index (χ0n) is 9.04. The highest BCUT2D eigenvalue weighted by molar-refractivity contribution is 6.29. The zero-order valence-corrected chi connectivity index (χ0v) is 9.80. The quantitative estimate of drug-likeness (QED) is 0.709. The molecule has 1 aliphatic carbocycles. The molecular formula is C11H16ClN3O. The fraction of sp³-hybridized carbons (Fsp3) is 0.545. The van der Waals surface area contributed by atoms with Gasteiger partial charge in [-0.25, -0.2) is 4.98 Å². The molecule has 0 aliphatic heterocycles. The number of rotatable bonds is 3. The lowest BCUT2D eigenvalue weighted by Crippen LogP contribution is -2.39. The molecule has 0 atom stereocenters. The average Bonchev–Trinajstić information content (AvgIpc) is 2.65. The normalized spacial score (nSPS) is 18.6. The van der Waals surface area contributed by atoms with E-state index < -0.39 is 0 Å². The van der Waals surface area contributed by atoms with E-state index in [0.29, 0.717) is 16.7 Å². The van der Waals surface area contributed by atoms with Crippen LogP contribution in [0.25, 0.3) is 0 Å². The lowest BCUT2D eigenvalue weighted by Gasteiger charge is -2.28. The first-order chi connectivity index (χ1) is 7.63. The van der Waals surface area contributed by atoms with Crippen molar-refractivity contribution in [3.8, 4) is 0 Å². The van der Waals surface area contributed by atoms with Crippen molar-refractivity contribution in [2.45, 2.75) is 31.2 Å². The summed E-state index contributed by atoms with van der Waals surface area (Å²) in [5.41, 5.74) is 6.02. The van der Waals surface area contributed by atoms with Crippen molar-refractivity contribution >= 4 is 23.1 Å². The van der Waals surface area contributed by atoms with Crippen molar-refractivity contribution in [1.29, 1.82) is 0 Å².